The van der Waals surface area contributed by atoms with Crippen molar-refractivity contribution in [1.29, 1.82) is 0 Å². The summed E-state index contributed by atoms with van der Waals surface area (Å²) >= 11 is 0. The van der Waals surface area contributed by atoms with Gasteiger partial charge in [0, 0.05) is 18.2 Å². The van der Waals surface area contributed by atoms with Crippen LogP contribution in [0.25, 0.3) is 40.1 Å². The normalized spacial score (nSPS) is 10.1. The SMILES string of the molecule is C=Cc1c(/C=C\C)nc(-c2ccc(-c3ccc(C(=C)CCCC)cc3)cc2)c(OC)c1C(C)=O.CC.CO. The topological polar surface area (TPSA) is 59.4 Å². The van der Waals surface area contributed by atoms with E-state index in [1.54, 1.807) is 13.2 Å². The number of aliphatic hydroxyl groups is 1. The number of nitrogens with zero attached hydrogens (tertiary/aromatic N) is 1. The Labute approximate surface area is 229 Å². The molecule has 38 heavy (non-hydrogen) atoms. The van der Waals surface area contributed by atoms with E-state index in [1.807, 2.05) is 45.1 Å². The maximum absolute atomic E-state index is 12.5. The van der Waals surface area contributed by atoms with Gasteiger partial charge >= 0.3 is 0 Å². The lowest BCUT2D eigenvalue weighted by molar-refractivity contribution is 0.101. The maximum atomic E-state index is 12.5. The Morgan fingerprint density at radius 2 is 1.53 bits per heavy atom. The first-order chi connectivity index (χ1) is 18.4. The van der Waals surface area contributed by atoms with Gasteiger partial charge in [-0.15, -0.1) is 0 Å². The van der Waals surface area contributed by atoms with Gasteiger partial charge in [0.25, 0.3) is 0 Å². The molecule has 3 aromatic rings. The molecule has 0 saturated carbocycles. The summed E-state index contributed by atoms with van der Waals surface area (Å²) in [7, 11) is 2.57. The van der Waals surface area contributed by atoms with E-state index in [4.69, 9.17) is 14.8 Å². The van der Waals surface area contributed by atoms with Gasteiger partial charge in [-0.3, -0.25) is 4.79 Å². The van der Waals surface area contributed by atoms with Crippen molar-refractivity contribution in [3.63, 3.8) is 0 Å². The van der Waals surface area contributed by atoms with E-state index in [2.05, 4.69) is 56.5 Å². The number of hydrogen-bond donors (Lipinski definition) is 1. The molecule has 3 rings (SSSR count). The van der Waals surface area contributed by atoms with E-state index in [9.17, 15) is 4.79 Å². The molecule has 0 unspecified atom stereocenters. The third-order valence-corrected chi connectivity index (χ3v) is 5.92. The lowest BCUT2D eigenvalue weighted by Gasteiger charge is -2.17. The number of Topliss-reactive ketones (excluding diaryl/α,β-unsaturated/α-hetero) is 1. The molecule has 1 aromatic heterocycles. The molecule has 0 saturated heterocycles. The van der Waals surface area contributed by atoms with Crippen LogP contribution in [-0.4, -0.2) is 30.1 Å². The molecule has 1 N–H and O–H groups in total. The van der Waals surface area contributed by atoms with Gasteiger partial charge in [-0.2, -0.15) is 0 Å². The van der Waals surface area contributed by atoms with Crippen LogP contribution in [-0.2, 0) is 0 Å². The van der Waals surface area contributed by atoms with Crippen LogP contribution in [0.1, 0.15) is 81.1 Å². The Morgan fingerprint density at radius 1 is 1.00 bits per heavy atom. The minimum absolute atomic E-state index is 0.0848. The van der Waals surface area contributed by atoms with Gasteiger partial charge in [-0.05, 0) is 55.0 Å². The predicted molar refractivity (Wildman–Crippen MR) is 165 cm³/mol. The summed E-state index contributed by atoms with van der Waals surface area (Å²) in [6.45, 7) is 17.8. The monoisotopic (exact) mass is 513 g/mol. The van der Waals surface area contributed by atoms with E-state index < -0.39 is 0 Å². The van der Waals surface area contributed by atoms with Crippen LogP contribution in [0.4, 0.5) is 0 Å². The highest BCUT2D eigenvalue weighted by atomic mass is 16.5. The van der Waals surface area contributed by atoms with Gasteiger partial charge in [0.2, 0.25) is 0 Å². The molecule has 4 nitrogen and oxygen atoms in total. The van der Waals surface area contributed by atoms with Gasteiger partial charge in [-0.1, -0.05) is 101 Å². The van der Waals surface area contributed by atoms with Gasteiger partial charge in [0.15, 0.2) is 11.5 Å². The minimum atomic E-state index is -0.0848. The van der Waals surface area contributed by atoms with Crippen molar-refractivity contribution in [1.82, 2.24) is 4.98 Å². The molecule has 0 bridgehead atoms. The fourth-order valence-corrected chi connectivity index (χ4v) is 4.09. The molecule has 0 atom stereocenters. The number of ketones is 1. The third-order valence-electron chi connectivity index (χ3n) is 5.92. The van der Waals surface area contributed by atoms with Crippen LogP contribution in [0.2, 0.25) is 0 Å². The number of carbonyl (C=O) groups is 1. The Morgan fingerprint density at radius 3 is 1.97 bits per heavy atom. The Bertz CT molecular complexity index is 1220. The van der Waals surface area contributed by atoms with E-state index in [1.165, 1.54) is 24.5 Å². The van der Waals surface area contributed by atoms with Crippen molar-refractivity contribution in [2.75, 3.05) is 14.2 Å². The molecule has 0 fully saturated rings. The number of hydrogen-bond acceptors (Lipinski definition) is 4. The second-order valence-electron chi connectivity index (χ2n) is 8.29. The Kier molecular flexibility index (Phi) is 14.3. The molecule has 1 heterocycles. The molecule has 4 heteroatoms. The second kappa shape index (κ2) is 16.9. The zero-order valence-corrected chi connectivity index (χ0v) is 24.1. The van der Waals surface area contributed by atoms with Crippen LogP contribution in [0.15, 0.2) is 67.8 Å². The molecule has 0 spiro atoms. The Balaban J connectivity index is 0.00000172. The first-order valence-electron chi connectivity index (χ1n) is 13.2. The summed E-state index contributed by atoms with van der Waals surface area (Å²) in [4.78, 5) is 17.4. The number of aromatic nitrogens is 1. The number of ether oxygens (including phenoxy) is 1. The molecular weight excluding hydrogens is 470 g/mol. The summed E-state index contributed by atoms with van der Waals surface area (Å²) in [6, 6.07) is 16.7. The van der Waals surface area contributed by atoms with Crippen molar-refractivity contribution >= 4 is 23.5 Å². The summed E-state index contributed by atoms with van der Waals surface area (Å²) in [6.07, 6.45) is 8.81. The van der Waals surface area contributed by atoms with Gasteiger partial charge < -0.3 is 9.84 Å². The highest BCUT2D eigenvalue weighted by Gasteiger charge is 2.22. The van der Waals surface area contributed by atoms with Crippen LogP contribution < -0.4 is 4.74 Å². The molecule has 2 aromatic carbocycles. The summed E-state index contributed by atoms with van der Waals surface area (Å²) in [5, 5.41) is 7.00. The van der Waals surface area contributed by atoms with Gasteiger partial charge in [-0.25, -0.2) is 4.98 Å². The smallest absolute Gasteiger partial charge is 0.164 e. The molecular formula is C34H43NO3. The second-order valence-corrected chi connectivity index (χ2v) is 8.29. The summed E-state index contributed by atoms with van der Waals surface area (Å²) < 4.78 is 5.68. The number of rotatable bonds is 10. The number of methoxy groups -OCH3 is 1. The molecule has 0 aliphatic heterocycles. The zero-order valence-electron chi connectivity index (χ0n) is 24.1. The van der Waals surface area contributed by atoms with Crippen molar-refractivity contribution in [3.05, 3.63) is 90.1 Å². The predicted octanol–water partition coefficient (Wildman–Crippen LogP) is 9.14. The highest BCUT2D eigenvalue weighted by Crippen LogP contribution is 2.37. The standard InChI is InChI=1S/C31H33NO2.C2H6.CH4O/c1-7-10-12-21(4)23-13-15-24(16-14-23)25-17-19-26(20-18-25)30-31(34-6)29(22(5)33)27(9-3)28(32-30)11-8-2;2*1-2/h8-9,11,13-20H,3-4,7,10,12H2,1-2,5-6H3;1-2H3;2H,1H3/b11-8-;;. The first-order valence-corrected chi connectivity index (χ1v) is 13.2. The van der Waals surface area contributed by atoms with E-state index in [-0.39, 0.29) is 5.78 Å². The largest absolute Gasteiger partial charge is 0.494 e. The molecule has 0 amide bonds. The Hall–Kier alpha value is -3.76. The van der Waals surface area contributed by atoms with Crippen molar-refractivity contribution in [2.24, 2.45) is 0 Å². The van der Waals surface area contributed by atoms with Crippen LogP contribution in [0, 0.1) is 0 Å². The quantitative estimate of drug-likeness (QED) is 0.275. The molecule has 0 radical (unpaired) electrons. The molecule has 202 valence electrons. The van der Waals surface area contributed by atoms with Gasteiger partial charge in [0.05, 0.1) is 18.4 Å². The fraction of sp³-hybridized carbons (Fsp3) is 0.294. The zero-order chi connectivity index (χ0) is 28.7. The average Bonchev–Trinajstić information content (AvgIpc) is 2.97. The summed E-state index contributed by atoms with van der Waals surface area (Å²) in [5.74, 6) is 0.386. The number of aliphatic hydroxyl groups excluding tert-OH is 1. The number of benzene rings is 2. The number of allylic oxidation sites excluding steroid dienone is 2. The van der Waals surface area contributed by atoms with E-state index in [0.717, 1.165) is 36.6 Å². The highest BCUT2D eigenvalue weighted by molar-refractivity contribution is 6.03. The van der Waals surface area contributed by atoms with Crippen LogP contribution in [0.3, 0.4) is 0 Å². The van der Waals surface area contributed by atoms with Crippen LogP contribution >= 0.6 is 0 Å². The van der Waals surface area contributed by atoms with Crippen LogP contribution in [0.5, 0.6) is 5.75 Å². The number of carbonyl (C=O) groups excluding carboxylic acids is 1. The van der Waals surface area contributed by atoms with Gasteiger partial charge in [0.1, 0.15) is 5.69 Å². The average molecular weight is 514 g/mol. The van der Waals surface area contributed by atoms with Crippen molar-refractivity contribution in [3.8, 4) is 28.1 Å². The maximum Gasteiger partial charge on any atom is 0.164 e. The summed E-state index contributed by atoms with van der Waals surface area (Å²) in [5.41, 5.74) is 8.02. The number of pyridine rings is 1. The molecule has 0 aliphatic carbocycles. The van der Waals surface area contributed by atoms with Crippen molar-refractivity contribution < 1.29 is 14.6 Å². The minimum Gasteiger partial charge on any atom is -0.494 e. The number of unbranched alkanes of at least 4 members (excludes halogenated alkanes) is 1. The van der Waals surface area contributed by atoms with E-state index >= 15 is 0 Å². The van der Waals surface area contributed by atoms with Crippen molar-refractivity contribution in [2.45, 2.75) is 53.9 Å². The van der Waals surface area contributed by atoms with E-state index in [0.29, 0.717) is 28.3 Å². The molecule has 0 aliphatic rings. The lowest BCUT2D eigenvalue weighted by atomic mass is 9.95. The first kappa shape index (κ1) is 32.3. The third kappa shape index (κ3) is 7.87. The fourth-order valence-electron chi connectivity index (χ4n) is 4.09. The lowest BCUT2D eigenvalue weighted by Crippen LogP contribution is -2.07.